The summed E-state index contributed by atoms with van der Waals surface area (Å²) in [7, 11) is 3.16. The summed E-state index contributed by atoms with van der Waals surface area (Å²) in [6, 6.07) is 7.36. The van der Waals surface area contributed by atoms with E-state index in [0.29, 0.717) is 11.5 Å². The molecule has 0 amide bonds. The third-order valence-corrected chi connectivity index (χ3v) is 6.98. The second-order valence-corrected chi connectivity index (χ2v) is 8.53. The van der Waals surface area contributed by atoms with E-state index >= 15 is 0 Å². The fourth-order valence-corrected chi connectivity index (χ4v) is 3.35. The lowest BCUT2D eigenvalue weighted by Gasteiger charge is -2.07. The molecule has 0 atom stereocenters. The van der Waals surface area contributed by atoms with Crippen LogP contribution >= 0.6 is 63.7 Å². The number of nitrogens with zero attached hydrogens (tertiary/aromatic N) is 3. The number of hydrogen-bond acceptors (Lipinski definition) is 5. The summed E-state index contributed by atoms with van der Waals surface area (Å²) < 4.78 is 14.1. The number of nitrogens with two attached hydrogens (primary N) is 1. The van der Waals surface area contributed by atoms with E-state index in [2.05, 4.69) is 84.4 Å². The molecule has 0 saturated carbocycles. The second kappa shape index (κ2) is 10.9. The van der Waals surface area contributed by atoms with Crippen LogP contribution in [0.1, 0.15) is 11.1 Å². The molecular formula is C17H15Br4N5O2. The maximum absolute atomic E-state index is 5.77. The zero-order chi connectivity index (χ0) is 20.7. The first-order valence-electron chi connectivity index (χ1n) is 7.57. The number of methoxy groups -OCH3 is 2. The van der Waals surface area contributed by atoms with E-state index < -0.39 is 0 Å². The van der Waals surface area contributed by atoms with E-state index in [1.807, 2.05) is 24.3 Å². The normalized spacial score (nSPS) is 12.0. The molecule has 0 aliphatic heterocycles. The van der Waals surface area contributed by atoms with Crippen molar-refractivity contribution in [1.29, 1.82) is 0 Å². The van der Waals surface area contributed by atoms with Crippen molar-refractivity contribution >= 4 is 82.1 Å². The monoisotopic (exact) mass is 637 g/mol. The molecule has 0 radical (unpaired) electrons. The van der Waals surface area contributed by atoms with Gasteiger partial charge in [-0.2, -0.15) is 10.2 Å². The first-order chi connectivity index (χ1) is 13.3. The minimum absolute atomic E-state index is 0.0257. The topological polar surface area (TPSA) is 93.6 Å². The van der Waals surface area contributed by atoms with Crippen LogP contribution in [0, 0.1) is 0 Å². The molecule has 0 heterocycles. The van der Waals surface area contributed by atoms with Gasteiger partial charge in [0.15, 0.2) is 0 Å². The van der Waals surface area contributed by atoms with Crippen molar-refractivity contribution in [3.05, 3.63) is 53.3 Å². The summed E-state index contributed by atoms with van der Waals surface area (Å²) >= 11 is 13.7. The molecule has 7 nitrogen and oxygen atoms in total. The molecule has 3 N–H and O–H groups in total. The lowest BCUT2D eigenvalue weighted by atomic mass is 10.2. The average Bonchev–Trinajstić information content (AvgIpc) is 2.66. The molecule has 0 unspecified atom stereocenters. The van der Waals surface area contributed by atoms with Gasteiger partial charge in [-0.25, -0.2) is 5.43 Å². The second-order valence-electron chi connectivity index (χ2n) is 5.12. The zero-order valence-corrected chi connectivity index (χ0v) is 21.1. The fraction of sp³-hybridized carbons (Fsp3) is 0.118. The quantitative estimate of drug-likeness (QED) is 0.263. The van der Waals surface area contributed by atoms with Crippen molar-refractivity contribution in [3.63, 3.8) is 0 Å². The molecule has 0 saturated heterocycles. The van der Waals surface area contributed by atoms with E-state index in [-0.39, 0.29) is 5.96 Å². The van der Waals surface area contributed by atoms with Crippen LogP contribution in [0.2, 0.25) is 0 Å². The molecule has 28 heavy (non-hydrogen) atoms. The Balaban J connectivity index is 2.08. The summed E-state index contributed by atoms with van der Waals surface area (Å²) in [5.74, 6) is 1.33. The highest BCUT2D eigenvalue weighted by molar-refractivity contribution is 9.13. The van der Waals surface area contributed by atoms with Crippen molar-refractivity contribution in [2.75, 3.05) is 14.2 Å². The number of hydrogen-bond donors (Lipinski definition) is 2. The van der Waals surface area contributed by atoms with Gasteiger partial charge in [0.1, 0.15) is 11.5 Å². The van der Waals surface area contributed by atoms with Crippen LogP contribution in [0.5, 0.6) is 11.5 Å². The molecule has 0 aromatic heterocycles. The van der Waals surface area contributed by atoms with Crippen LogP contribution in [-0.2, 0) is 0 Å². The Bertz CT molecular complexity index is 948. The van der Waals surface area contributed by atoms with Gasteiger partial charge < -0.3 is 15.2 Å². The SMILES string of the molecule is COc1cc(Br)c(Br)cc1/C=N/N=C(/N)N/N=C/c1cc(Br)c(Br)cc1OC. The first-order valence-corrected chi connectivity index (χ1v) is 10.7. The minimum atomic E-state index is 0.0257. The Morgan fingerprint density at radius 2 is 1.32 bits per heavy atom. The minimum Gasteiger partial charge on any atom is -0.496 e. The van der Waals surface area contributed by atoms with Crippen LogP contribution in [0.15, 0.2) is 57.5 Å². The summed E-state index contributed by atoms with van der Waals surface area (Å²) in [6.07, 6.45) is 3.10. The smallest absolute Gasteiger partial charge is 0.234 e. The summed E-state index contributed by atoms with van der Waals surface area (Å²) in [5, 5.41) is 11.9. The summed E-state index contributed by atoms with van der Waals surface area (Å²) in [6.45, 7) is 0. The third-order valence-electron chi connectivity index (χ3n) is 3.29. The van der Waals surface area contributed by atoms with Crippen molar-refractivity contribution in [2.45, 2.75) is 0 Å². The number of halogens is 4. The molecule has 0 fully saturated rings. The van der Waals surface area contributed by atoms with Crippen molar-refractivity contribution in [1.82, 2.24) is 5.43 Å². The fourth-order valence-electron chi connectivity index (χ4n) is 1.99. The lowest BCUT2D eigenvalue weighted by molar-refractivity contribution is 0.413. The van der Waals surface area contributed by atoms with E-state index in [1.54, 1.807) is 20.4 Å². The Labute approximate surface area is 196 Å². The Hall–Kier alpha value is -1.43. The van der Waals surface area contributed by atoms with Crippen LogP contribution in [0.4, 0.5) is 0 Å². The molecular weight excluding hydrogens is 626 g/mol. The average molecular weight is 641 g/mol. The molecule has 2 rings (SSSR count). The van der Waals surface area contributed by atoms with Gasteiger partial charge >= 0.3 is 0 Å². The van der Waals surface area contributed by atoms with E-state index in [1.165, 1.54) is 6.21 Å². The number of ether oxygens (including phenoxy) is 2. The maximum atomic E-state index is 5.77. The van der Waals surface area contributed by atoms with Gasteiger partial charge in [-0.3, -0.25) is 0 Å². The molecule has 11 heteroatoms. The number of hydrazone groups is 1. The lowest BCUT2D eigenvalue weighted by Crippen LogP contribution is -2.26. The molecule has 148 valence electrons. The van der Waals surface area contributed by atoms with Crippen LogP contribution in [-0.4, -0.2) is 32.6 Å². The van der Waals surface area contributed by atoms with Crippen LogP contribution < -0.4 is 20.6 Å². The number of rotatable bonds is 6. The number of guanidine groups is 1. The van der Waals surface area contributed by atoms with E-state index in [0.717, 1.165) is 29.0 Å². The number of nitrogens with one attached hydrogen (secondary N) is 1. The van der Waals surface area contributed by atoms with Crippen molar-refractivity contribution in [3.8, 4) is 11.5 Å². The molecule has 0 spiro atoms. The highest BCUT2D eigenvalue weighted by Crippen LogP contribution is 2.31. The molecule has 0 aliphatic carbocycles. The maximum Gasteiger partial charge on any atom is 0.234 e. The summed E-state index contributed by atoms with van der Waals surface area (Å²) in [4.78, 5) is 0. The Morgan fingerprint density at radius 3 is 1.82 bits per heavy atom. The van der Waals surface area contributed by atoms with Gasteiger partial charge in [-0.05, 0) is 88.0 Å². The Morgan fingerprint density at radius 1 is 0.857 bits per heavy atom. The number of benzene rings is 2. The third kappa shape index (κ3) is 6.29. The predicted octanol–water partition coefficient (Wildman–Crippen LogP) is 5.03. The highest BCUT2D eigenvalue weighted by Gasteiger charge is 2.06. The zero-order valence-electron chi connectivity index (χ0n) is 14.7. The van der Waals surface area contributed by atoms with Gasteiger partial charge in [0.05, 0.1) is 26.6 Å². The predicted molar refractivity (Wildman–Crippen MR) is 127 cm³/mol. The standard InChI is InChI=1S/C17H15Br4N5O2/c1-27-15-5-13(20)11(18)3-9(15)7-23-25-17(22)26-24-8-10-4-12(19)14(21)6-16(10)28-2/h3-8H,1-2H3,(H3,22,25,26)/b23-7+,24-8+. The largest absolute Gasteiger partial charge is 0.496 e. The van der Waals surface area contributed by atoms with Crippen LogP contribution in [0.25, 0.3) is 0 Å². The van der Waals surface area contributed by atoms with Gasteiger partial charge in [-0.1, -0.05) is 0 Å². The van der Waals surface area contributed by atoms with Gasteiger partial charge in [0.2, 0.25) is 5.96 Å². The first kappa shape index (κ1) is 22.9. The molecule has 0 aliphatic rings. The van der Waals surface area contributed by atoms with E-state index in [4.69, 9.17) is 15.2 Å². The van der Waals surface area contributed by atoms with E-state index in [9.17, 15) is 0 Å². The van der Waals surface area contributed by atoms with Gasteiger partial charge in [-0.15, -0.1) is 5.10 Å². The molecule has 0 bridgehead atoms. The van der Waals surface area contributed by atoms with Gasteiger partial charge in [0, 0.05) is 29.0 Å². The Kier molecular flexibility index (Phi) is 8.93. The van der Waals surface area contributed by atoms with Crippen molar-refractivity contribution < 1.29 is 9.47 Å². The molecule has 2 aromatic rings. The summed E-state index contributed by atoms with van der Waals surface area (Å²) in [5.41, 5.74) is 9.86. The van der Waals surface area contributed by atoms with Crippen molar-refractivity contribution in [2.24, 2.45) is 21.0 Å². The highest BCUT2D eigenvalue weighted by atomic mass is 79.9. The van der Waals surface area contributed by atoms with Gasteiger partial charge in [0.25, 0.3) is 0 Å². The molecule has 2 aromatic carbocycles. The van der Waals surface area contributed by atoms with Crippen LogP contribution in [0.3, 0.4) is 0 Å².